The van der Waals surface area contributed by atoms with Gasteiger partial charge in [0, 0.05) is 11.3 Å². The monoisotopic (exact) mass is 418 g/mol. The van der Waals surface area contributed by atoms with Crippen LogP contribution in [0.2, 0.25) is 5.02 Å². The number of hydrogen-bond donors (Lipinski definition) is 2. The van der Waals surface area contributed by atoms with Crippen molar-refractivity contribution in [2.75, 3.05) is 10.0 Å². The molecular formula is C20H16ClFN2O3S. The molecule has 5 nitrogen and oxygen atoms in total. The topological polar surface area (TPSA) is 75.3 Å². The Bertz CT molecular complexity index is 1150. The Kier molecular flexibility index (Phi) is 5.67. The molecule has 0 saturated carbocycles. The average molecular weight is 419 g/mol. The predicted molar refractivity (Wildman–Crippen MR) is 108 cm³/mol. The number of amides is 1. The van der Waals surface area contributed by atoms with Gasteiger partial charge >= 0.3 is 0 Å². The van der Waals surface area contributed by atoms with Crippen LogP contribution in [0.15, 0.2) is 71.6 Å². The normalized spacial score (nSPS) is 11.1. The van der Waals surface area contributed by atoms with E-state index in [0.29, 0.717) is 5.56 Å². The van der Waals surface area contributed by atoms with Crippen molar-refractivity contribution in [3.63, 3.8) is 0 Å². The van der Waals surface area contributed by atoms with E-state index in [2.05, 4.69) is 10.0 Å². The Hall–Kier alpha value is -2.90. The van der Waals surface area contributed by atoms with Gasteiger partial charge in [-0.15, -0.1) is 0 Å². The summed E-state index contributed by atoms with van der Waals surface area (Å²) in [6.07, 6.45) is 0. The zero-order valence-electron chi connectivity index (χ0n) is 14.7. The Balaban J connectivity index is 1.89. The summed E-state index contributed by atoms with van der Waals surface area (Å²) in [7, 11) is -3.94. The van der Waals surface area contributed by atoms with Crippen LogP contribution in [0.4, 0.5) is 15.8 Å². The Morgan fingerprint density at radius 2 is 1.75 bits per heavy atom. The highest BCUT2D eigenvalue weighted by atomic mass is 35.5. The van der Waals surface area contributed by atoms with Gasteiger partial charge in [-0.05, 0) is 55.0 Å². The number of rotatable bonds is 5. The second kappa shape index (κ2) is 8.00. The van der Waals surface area contributed by atoms with Gasteiger partial charge in [-0.1, -0.05) is 35.9 Å². The molecule has 2 N–H and O–H groups in total. The second-order valence-electron chi connectivity index (χ2n) is 6.03. The quantitative estimate of drug-likeness (QED) is 0.622. The molecule has 0 bridgehead atoms. The summed E-state index contributed by atoms with van der Waals surface area (Å²) < 4.78 is 41.3. The van der Waals surface area contributed by atoms with E-state index in [4.69, 9.17) is 11.6 Å². The van der Waals surface area contributed by atoms with E-state index in [1.54, 1.807) is 43.3 Å². The molecule has 0 aliphatic heterocycles. The fourth-order valence-electron chi connectivity index (χ4n) is 2.54. The summed E-state index contributed by atoms with van der Waals surface area (Å²) in [6, 6.07) is 16.2. The lowest BCUT2D eigenvalue weighted by molar-refractivity contribution is 0.102. The molecule has 8 heteroatoms. The molecular weight excluding hydrogens is 403 g/mol. The average Bonchev–Trinajstić information content (AvgIpc) is 2.65. The van der Waals surface area contributed by atoms with Crippen LogP contribution in [0.25, 0.3) is 0 Å². The highest BCUT2D eigenvalue weighted by Gasteiger charge is 2.19. The molecule has 0 heterocycles. The van der Waals surface area contributed by atoms with Crippen molar-refractivity contribution < 1.29 is 17.6 Å². The summed E-state index contributed by atoms with van der Waals surface area (Å²) in [5, 5.41) is 2.84. The van der Waals surface area contributed by atoms with E-state index in [9.17, 15) is 17.6 Å². The molecule has 3 aromatic rings. The minimum Gasteiger partial charge on any atom is -0.322 e. The lowest BCUT2D eigenvalue weighted by atomic mass is 10.2. The third-order valence-corrected chi connectivity index (χ3v) is 5.78. The van der Waals surface area contributed by atoms with Gasteiger partial charge < -0.3 is 5.32 Å². The van der Waals surface area contributed by atoms with Crippen LogP contribution in [0.3, 0.4) is 0 Å². The number of nitrogens with one attached hydrogen (secondary N) is 2. The van der Waals surface area contributed by atoms with Crippen LogP contribution in [-0.4, -0.2) is 14.3 Å². The maximum Gasteiger partial charge on any atom is 0.262 e. The van der Waals surface area contributed by atoms with Crippen molar-refractivity contribution in [1.29, 1.82) is 0 Å². The first-order valence-electron chi connectivity index (χ1n) is 8.21. The summed E-state index contributed by atoms with van der Waals surface area (Å²) >= 11 is 6.02. The van der Waals surface area contributed by atoms with Crippen molar-refractivity contribution in [3.8, 4) is 0 Å². The first-order valence-corrected chi connectivity index (χ1v) is 10.1. The zero-order chi connectivity index (χ0) is 20.3. The first-order chi connectivity index (χ1) is 13.3. The standard InChI is InChI=1S/C20H16ClFN2O3S/c1-13-9-10-16(23-20(25)14-5-4-6-15(22)11-14)12-19(13)28(26,27)24-18-8-3-2-7-17(18)21/h2-12,24H,1H3,(H,23,25). The number of hydrogen-bond acceptors (Lipinski definition) is 3. The van der Waals surface area contributed by atoms with Crippen LogP contribution in [0.5, 0.6) is 0 Å². The first kappa shape index (κ1) is 19.9. The highest BCUT2D eigenvalue weighted by Crippen LogP contribution is 2.27. The molecule has 0 radical (unpaired) electrons. The smallest absolute Gasteiger partial charge is 0.262 e. The van der Waals surface area contributed by atoms with E-state index < -0.39 is 21.7 Å². The maximum absolute atomic E-state index is 13.3. The molecule has 0 unspecified atom stereocenters. The van der Waals surface area contributed by atoms with E-state index in [1.807, 2.05) is 0 Å². The van der Waals surface area contributed by atoms with Gasteiger partial charge in [0.2, 0.25) is 0 Å². The molecule has 0 aliphatic carbocycles. The molecule has 3 rings (SSSR count). The van der Waals surface area contributed by atoms with Crippen LogP contribution < -0.4 is 10.0 Å². The Labute approximate surface area is 167 Å². The van der Waals surface area contributed by atoms with Crippen molar-refractivity contribution in [1.82, 2.24) is 0 Å². The minimum absolute atomic E-state index is 0.00976. The van der Waals surface area contributed by atoms with Gasteiger partial charge in [0.05, 0.1) is 15.6 Å². The lowest BCUT2D eigenvalue weighted by Gasteiger charge is -2.13. The summed E-state index contributed by atoms with van der Waals surface area (Å²) in [5.41, 5.74) is 1.12. The maximum atomic E-state index is 13.3. The number of benzene rings is 3. The van der Waals surface area contributed by atoms with Crippen molar-refractivity contribution in [2.24, 2.45) is 0 Å². The fourth-order valence-corrected chi connectivity index (χ4v) is 4.13. The van der Waals surface area contributed by atoms with Gasteiger partial charge in [-0.2, -0.15) is 0 Å². The summed E-state index contributed by atoms with van der Waals surface area (Å²) in [4.78, 5) is 12.3. The molecule has 0 spiro atoms. The van der Waals surface area contributed by atoms with Crippen molar-refractivity contribution in [3.05, 3.63) is 88.7 Å². The second-order valence-corrected chi connectivity index (χ2v) is 8.09. The molecule has 0 saturated heterocycles. The van der Waals surface area contributed by atoms with Gasteiger partial charge in [0.15, 0.2) is 0 Å². The van der Waals surface area contributed by atoms with E-state index in [1.165, 1.54) is 24.3 Å². The van der Waals surface area contributed by atoms with Gasteiger partial charge in [-0.3, -0.25) is 9.52 Å². The number of carbonyl (C=O) groups excluding carboxylic acids is 1. The molecule has 0 aromatic heterocycles. The van der Waals surface area contributed by atoms with E-state index in [0.717, 1.165) is 6.07 Å². The number of sulfonamides is 1. The number of para-hydroxylation sites is 1. The summed E-state index contributed by atoms with van der Waals surface area (Å²) in [6.45, 7) is 1.64. The largest absolute Gasteiger partial charge is 0.322 e. The third kappa shape index (κ3) is 4.49. The number of aryl methyl sites for hydroxylation is 1. The van der Waals surface area contributed by atoms with Crippen molar-refractivity contribution >= 4 is 38.9 Å². The molecule has 3 aromatic carbocycles. The molecule has 0 fully saturated rings. The van der Waals surface area contributed by atoms with Crippen molar-refractivity contribution in [2.45, 2.75) is 11.8 Å². The minimum atomic E-state index is -3.94. The number of halogens is 2. The highest BCUT2D eigenvalue weighted by molar-refractivity contribution is 7.92. The molecule has 1 amide bonds. The summed E-state index contributed by atoms with van der Waals surface area (Å²) in [5.74, 6) is -1.09. The molecule has 0 aliphatic rings. The van der Waals surface area contributed by atoms with Crippen LogP contribution in [0, 0.1) is 12.7 Å². The molecule has 0 atom stereocenters. The van der Waals surface area contributed by atoms with E-state index in [-0.39, 0.29) is 26.9 Å². The van der Waals surface area contributed by atoms with Gasteiger partial charge in [0.1, 0.15) is 5.82 Å². The van der Waals surface area contributed by atoms with Gasteiger partial charge in [-0.25, -0.2) is 12.8 Å². The predicted octanol–water partition coefficient (Wildman–Crippen LogP) is 4.84. The zero-order valence-corrected chi connectivity index (χ0v) is 16.3. The fraction of sp³-hybridized carbons (Fsp3) is 0.0500. The van der Waals surface area contributed by atoms with Crippen LogP contribution in [-0.2, 0) is 10.0 Å². The molecule has 28 heavy (non-hydrogen) atoms. The number of anilines is 2. The third-order valence-electron chi connectivity index (χ3n) is 3.94. The van der Waals surface area contributed by atoms with Gasteiger partial charge in [0.25, 0.3) is 15.9 Å². The Morgan fingerprint density at radius 3 is 2.46 bits per heavy atom. The van der Waals surface area contributed by atoms with E-state index >= 15 is 0 Å². The SMILES string of the molecule is Cc1ccc(NC(=O)c2cccc(F)c2)cc1S(=O)(=O)Nc1ccccc1Cl. The van der Waals surface area contributed by atoms with Crippen LogP contribution in [0.1, 0.15) is 15.9 Å². The lowest BCUT2D eigenvalue weighted by Crippen LogP contribution is -2.16. The Morgan fingerprint density at radius 1 is 1.00 bits per heavy atom. The number of carbonyl (C=O) groups is 1. The molecule has 144 valence electrons. The van der Waals surface area contributed by atoms with Crippen LogP contribution >= 0.6 is 11.6 Å².